The topological polar surface area (TPSA) is 82.2 Å². The van der Waals surface area contributed by atoms with Crippen molar-refractivity contribution in [3.63, 3.8) is 0 Å². The number of nitrogens with zero attached hydrogens (tertiary/aromatic N) is 5. The van der Waals surface area contributed by atoms with E-state index in [4.69, 9.17) is 5.26 Å². The summed E-state index contributed by atoms with van der Waals surface area (Å²) in [5, 5.41) is 13.2. The Balaban J connectivity index is 1.50. The first-order valence-electron chi connectivity index (χ1n) is 10.8. The molecule has 0 spiro atoms. The predicted molar refractivity (Wildman–Crippen MR) is 121 cm³/mol. The van der Waals surface area contributed by atoms with Gasteiger partial charge in [-0.05, 0) is 43.2 Å². The van der Waals surface area contributed by atoms with Gasteiger partial charge in [-0.2, -0.15) is 10.4 Å². The van der Waals surface area contributed by atoms with Crippen molar-refractivity contribution in [1.29, 1.82) is 5.26 Å². The van der Waals surface area contributed by atoms with E-state index in [2.05, 4.69) is 16.1 Å². The van der Waals surface area contributed by atoms with E-state index >= 15 is 0 Å². The summed E-state index contributed by atoms with van der Waals surface area (Å²) in [7, 11) is 0. The van der Waals surface area contributed by atoms with Gasteiger partial charge in [-0.25, -0.2) is 9.07 Å². The molecule has 2 aromatic carbocycles. The van der Waals surface area contributed by atoms with Crippen LogP contribution in [0.25, 0.3) is 5.69 Å². The standard InChI is InChI=1S/C25H24FN5O2/c1-18-15-23(32)24(28-31(18)22-6-3-2-5-21(22)26)25(33)30-12-4-11-29(13-14-30)17-20-9-7-19(16-27)8-10-20/h2-3,5-10,15H,4,11-14,17H2,1H3. The first-order valence-corrected chi connectivity index (χ1v) is 10.8. The van der Waals surface area contributed by atoms with Crippen LogP contribution in [0.2, 0.25) is 0 Å². The maximum absolute atomic E-state index is 14.3. The molecule has 168 valence electrons. The minimum atomic E-state index is -0.483. The number of benzene rings is 2. The van der Waals surface area contributed by atoms with Crippen LogP contribution in [-0.4, -0.2) is 51.7 Å². The molecule has 7 nitrogen and oxygen atoms in total. The van der Waals surface area contributed by atoms with Gasteiger partial charge in [0.15, 0.2) is 5.69 Å². The highest BCUT2D eigenvalue weighted by atomic mass is 19.1. The fourth-order valence-electron chi connectivity index (χ4n) is 3.99. The van der Waals surface area contributed by atoms with E-state index in [0.29, 0.717) is 30.9 Å². The summed E-state index contributed by atoms with van der Waals surface area (Å²) < 4.78 is 15.6. The lowest BCUT2D eigenvalue weighted by Gasteiger charge is -2.22. The third kappa shape index (κ3) is 4.99. The molecule has 0 atom stereocenters. The maximum Gasteiger partial charge on any atom is 0.278 e. The van der Waals surface area contributed by atoms with E-state index < -0.39 is 17.2 Å². The zero-order chi connectivity index (χ0) is 23.4. The first kappa shape index (κ1) is 22.4. The second-order valence-electron chi connectivity index (χ2n) is 8.09. The van der Waals surface area contributed by atoms with E-state index in [9.17, 15) is 14.0 Å². The van der Waals surface area contributed by atoms with E-state index in [1.165, 1.54) is 16.8 Å². The summed E-state index contributed by atoms with van der Waals surface area (Å²) in [4.78, 5) is 29.7. The Bertz CT molecular complexity index is 1260. The minimum absolute atomic E-state index is 0.188. The van der Waals surface area contributed by atoms with Crippen LogP contribution in [0.5, 0.6) is 0 Å². The summed E-state index contributed by atoms with van der Waals surface area (Å²) >= 11 is 0. The normalized spacial score (nSPS) is 14.5. The Morgan fingerprint density at radius 3 is 2.58 bits per heavy atom. The van der Waals surface area contributed by atoms with Crippen molar-refractivity contribution < 1.29 is 9.18 Å². The van der Waals surface area contributed by atoms with Crippen LogP contribution < -0.4 is 5.43 Å². The molecule has 1 fully saturated rings. The van der Waals surface area contributed by atoms with Gasteiger partial charge in [0.2, 0.25) is 5.43 Å². The Hall–Kier alpha value is -3.83. The van der Waals surface area contributed by atoms with E-state index in [0.717, 1.165) is 25.1 Å². The number of rotatable bonds is 4. The highest BCUT2D eigenvalue weighted by Crippen LogP contribution is 2.15. The van der Waals surface area contributed by atoms with Crippen LogP contribution in [0.3, 0.4) is 0 Å². The van der Waals surface area contributed by atoms with Gasteiger partial charge < -0.3 is 4.90 Å². The second-order valence-corrected chi connectivity index (χ2v) is 8.09. The van der Waals surface area contributed by atoms with Gasteiger partial charge in [0, 0.05) is 44.5 Å². The van der Waals surface area contributed by atoms with Crippen molar-refractivity contribution in [2.24, 2.45) is 0 Å². The largest absolute Gasteiger partial charge is 0.336 e. The van der Waals surface area contributed by atoms with Crippen LogP contribution in [0.4, 0.5) is 4.39 Å². The first-order chi connectivity index (χ1) is 16.0. The zero-order valence-electron chi connectivity index (χ0n) is 18.4. The number of para-hydroxylation sites is 1. The van der Waals surface area contributed by atoms with Crippen molar-refractivity contribution in [1.82, 2.24) is 19.6 Å². The summed E-state index contributed by atoms with van der Waals surface area (Å²) in [6.07, 6.45) is 0.759. The molecule has 1 amide bonds. The highest BCUT2D eigenvalue weighted by Gasteiger charge is 2.24. The third-order valence-corrected chi connectivity index (χ3v) is 5.76. The Morgan fingerprint density at radius 1 is 1.09 bits per heavy atom. The van der Waals surface area contributed by atoms with E-state index in [1.807, 2.05) is 12.1 Å². The molecule has 1 aliphatic heterocycles. The lowest BCUT2D eigenvalue weighted by atomic mass is 10.1. The molecule has 0 unspecified atom stereocenters. The Kier molecular flexibility index (Phi) is 6.61. The molecular formula is C25H24FN5O2. The average Bonchev–Trinajstić information content (AvgIpc) is 3.05. The molecule has 1 aromatic heterocycles. The van der Waals surface area contributed by atoms with E-state index in [1.54, 1.807) is 42.2 Å². The lowest BCUT2D eigenvalue weighted by molar-refractivity contribution is 0.0751. The number of hydrogen-bond donors (Lipinski definition) is 0. The predicted octanol–water partition coefficient (Wildman–Crippen LogP) is 2.90. The summed E-state index contributed by atoms with van der Waals surface area (Å²) in [6.45, 7) is 4.81. The van der Waals surface area contributed by atoms with Crippen molar-refractivity contribution in [2.45, 2.75) is 19.9 Å². The monoisotopic (exact) mass is 445 g/mol. The van der Waals surface area contributed by atoms with Crippen molar-refractivity contribution in [3.8, 4) is 11.8 Å². The van der Waals surface area contributed by atoms with Gasteiger partial charge in [-0.3, -0.25) is 14.5 Å². The minimum Gasteiger partial charge on any atom is -0.336 e. The maximum atomic E-state index is 14.3. The van der Waals surface area contributed by atoms with Crippen molar-refractivity contribution in [2.75, 3.05) is 26.2 Å². The van der Waals surface area contributed by atoms with Gasteiger partial charge in [-0.1, -0.05) is 24.3 Å². The Labute approximate surface area is 191 Å². The van der Waals surface area contributed by atoms with Crippen LogP contribution >= 0.6 is 0 Å². The van der Waals surface area contributed by atoms with Gasteiger partial charge in [0.25, 0.3) is 5.91 Å². The number of carbonyl (C=O) groups is 1. The molecule has 3 aromatic rings. The lowest BCUT2D eigenvalue weighted by Crippen LogP contribution is -2.38. The molecular weight excluding hydrogens is 421 g/mol. The number of nitriles is 1. The second kappa shape index (κ2) is 9.76. The van der Waals surface area contributed by atoms with Gasteiger partial charge in [0.05, 0.1) is 11.6 Å². The van der Waals surface area contributed by atoms with Crippen LogP contribution in [0.15, 0.2) is 59.4 Å². The number of carbonyl (C=O) groups excluding carboxylic acids is 1. The SMILES string of the molecule is Cc1cc(=O)c(C(=O)N2CCCN(Cc3ccc(C#N)cc3)CC2)nn1-c1ccccc1F. The molecule has 8 heteroatoms. The number of amides is 1. The summed E-state index contributed by atoms with van der Waals surface area (Å²) in [6, 6.07) is 17.0. The number of halogens is 1. The fraction of sp³-hybridized carbons (Fsp3) is 0.280. The smallest absolute Gasteiger partial charge is 0.278 e. The summed E-state index contributed by atoms with van der Waals surface area (Å²) in [5.74, 6) is -0.923. The van der Waals surface area contributed by atoms with Crippen LogP contribution in [0.1, 0.15) is 33.7 Å². The van der Waals surface area contributed by atoms with Gasteiger partial charge >= 0.3 is 0 Å². The van der Waals surface area contributed by atoms with Gasteiger partial charge in [-0.15, -0.1) is 0 Å². The zero-order valence-corrected chi connectivity index (χ0v) is 18.4. The number of hydrogen-bond acceptors (Lipinski definition) is 5. The van der Waals surface area contributed by atoms with Crippen molar-refractivity contribution >= 4 is 5.91 Å². The van der Waals surface area contributed by atoms with Crippen LogP contribution in [0, 0.1) is 24.1 Å². The molecule has 0 bridgehead atoms. The molecule has 1 aliphatic rings. The number of aryl methyl sites for hydroxylation is 1. The average molecular weight is 445 g/mol. The fourth-order valence-corrected chi connectivity index (χ4v) is 3.99. The molecule has 33 heavy (non-hydrogen) atoms. The quantitative estimate of drug-likeness (QED) is 0.617. The third-order valence-electron chi connectivity index (χ3n) is 5.76. The molecule has 4 rings (SSSR count). The Morgan fingerprint density at radius 2 is 1.85 bits per heavy atom. The van der Waals surface area contributed by atoms with Crippen LogP contribution in [-0.2, 0) is 6.54 Å². The summed E-state index contributed by atoms with van der Waals surface area (Å²) in [5.41, 5.74) is 1.69. The molecule has 0 radical (unpaired) electrons. The molecule has 2 heterocycles. The number of aromatic nitrogens is 2. The highest BCUT2D eigenvalue weighted by molar-refractivity contribution is 5.92. The molecule has 0 saturated carbocycles. The van der Waals surface area contributed by atoms with Gasteiger partial charge in [0.1, 0.15) is 11.5 Å². The molecule has 0 N–H and O–H groups in total. The van der Waals surface area contributed by atoms with Crippen molar-refractivity contribution in [3.05, 3.63) is 93.2 Å². The molecule has 1 saturated heterocycles. The van der Waals surface area contributed by atoms with E-state index in [-0.39, 0.29) is 11.4 Å². The molecule has 0 aliphatic carbocycles.